The van der Waals surface area contributed by atoms with Gasteiger partial charge in [-0.05, 0) is 42.5 Å². The molecule has 0 atom stereocenters. The summed E-state index contributed by atoms with van der Waals surface area (Å²) in [6.07, 6.45) is 3.44. The molecule has 2 heterocycles. The molecule has 0 aliphatic carbocycles. The van der Waals surface area contributed by atoms with Crippen molar-refractivity contribution in [3.8, 4) is 28.3 Å². The van der Waals surface area contributed by atoms with Crippen LogP contribution in [0.1, 0.15) is 10.4 Å². The van der Waals surface area contributed by atoms with Crippen LogP contribution in [0, 0.1) is 0 Å². The lowest BCUT2D eigenvalue weighted by atomic mass is 10.1. The highest BCUT2D eigenvalue weighted by Crippen LogP contribution is 2.22. The summed E-state index contributed by atoms with van der Waals surface area (Å²) in [5, 5.41) is 17.3. The predicted octanol–water partition coefficient (Wildman–Crippen LogP) is 3.89. The van der Waals surface area contributed by atoms with Gasteiger partial charge in [0.05, 0.1) is 23.1 Å². The SMILES string of the molecule is O=C(O)c1cccc(-c2ccn(-c3ccc(-c4ccno4)cc3)n2)c1. The third-order valence-electron chi connectivity index (χ3n) is 3.85. The molecular formula is C19H13N3O3. The number of carboxylic acids is 1. The lowest BCUT2D eigenvalue weighted by Gasteiger charge is -2.03. The third-order valence-corrected chi connectivity index (χ3v) is 3.85. The molecule has 0 saturated carbocycles. The highest BCUT2D eigenvalue weighted by Gasteiger charge is 2.08. The Morgan fingerprint density at radius 3 is 2.56 bits per heavy atom. The minimum absolute atomic E-state index is 0.239. The summed E-state index contributed by atoms with van der Waals surface area (Å²) < 4.78 is 6.88. The highest BCUT2D eigenvalue weighted by atomic mass is 16.5. The van der Waals surface area contributed by atoms with Gasteiger partial charge in [0.1, 0.15) is 0 Å². The van der Waals surface area contributed by atoms with Crippen molar-refractivity contribution in [2.75, 3.05) is 0 Å². The van der Waals surface area contributed by atoms with Crippen molar-refractivity contribution in [3.05, 3.63) is 78.6 Å². The van der Waals surface area contributed by atoms with Crippen LogP contribution in [0.5, 0.6) is 0 Å². The van der Waals surface area contributed by atoms with E-state index in [1.807, 2.05) is 42.6 Å². The van der Waals surface area contributed by atoms with Gasteiger partial charge in [0.15, 0.2) is 5.76 Å². The number of rotatable bonds is 4. The van der Waals surface area contributed by atoms with Crippen LogP contribution in [-0.2, 0) is 0 Å². The number of carbonyl (C=O) groups is 1. The van der Waals surface area contributed by atoms with Crippen molar-refractivity contribution in [1.29, 1.82) is 0 Å². The van der Waals surface area contributed by atoms with Crippen molar-refractivity contribution in [3.63, 3.8) is 0 Å². The van der Waals surface area contributed by atoms with E-state index in [1.54, 1.807) is 35.1 Å². The van der Waals surface area contributed by atoms with E-state index in [0.29, 0.717) is 11.5 Å². The van der Waals surface area contributed by atoms with Crippen molar-refractivity contribution in [2.45, 2.75) is 0 Å². The van der Waals surface area contributed by atoms with Crippen LogP contribution >= 0.6 is 0 Å². The van der Waals surface area contributed by atoms with Gasteiger partial charge in [-0.25, -0.2) is 9.48 Å². The number of aromatic carboxylic acids is 1. The second kappa shape index (κ2) is 6.09. The lowest BCUT2D eigenvalue weighted by molar-refractivity contribution is 0.0697. The molecule has 0 saturated heterocycles. The van der Waals surface area contributed by atoms with Gasteiger partial charge in [-0.2, -0.15) is 5.10 Å². The zero-order valence-corrected chi connectivity index (χ0v) is 13.0. The fraction of sp³-hybridized carbons (Fsp3) is 0. The van der Waals surface area contributed by atoms with Gasteiger partial charge >= 0.3 is 5.97 Å². The van der Waals surface area contributed by atoms with E-state index in [-0.39, 0.29) is 5.56 Å². The molecule has 1 N–H and O–H groups in total. The van der Waals surface area contributed by atoms with E-state index in [0.717, 1.165) is 16.8 Å². The number of hydrogen-bond donors (Lipinski definition) is 1. The minimum Gasteiger partial charge on any atom is -0.478 e. The molecule has 6 heteroatoms. The van der Waals surface area contributed by atoms with Gasteiger partial charge in [0, 0.05) is 23.4 Å². The Morgan fingerprint density at radius 1 is 1.00 bits per heavy atom. The first-order chi connectivity index (χ1) is 12.2. The number of nitrogens with zero attached hydrogens (tertiary/aromatic N) is 3. The van der Waals surface area contributed by atoms with Crippen molar-refractivity contribution in [2.24, 2.45) is 0 Å². The summed E-state index contributed by atoms with van der Waals surface area (Å²) in [7, 11) is 0. The number of hydrogen-bond acceptors (Lipinski definition) is 4. The lowest BCUT2D eigenvalue weighted by Crippen LogP contribution is -1.97. The Hall–Kier alpha value is -3.67. The molecule has 0 unspecified atom stereocenters. The van der Waals surface area contributed by atoms with Gasteiger partial charge in [0.2, 0.25) is 0 Å². The van der Waals surface area contributed by atoms with E-state index >= 15 is 0 Å². The monoisotopic (exact) mass is 331 g/mol. The Morgan fingerprint density at radius 2 is 1.84 bits per heavy atom. The molecule has 0 aliphatic rings. The standard InChI is InChI=1S/C19H13N3O3/c23-19(24)15-3-1-2-14(12-15)17-9-11-22(21-17)16-6-4-13(5-7-16)18-8-10-20-25-18/h1-12H,(H,23,24). The molecule has 2 aromatic carbocycles. The number of aromatic nitrogens is 3. The van der Waals surface area contributed by atoms with Gasteiger partial charge in [-0.15, -0.1) is 0 Å². The first kappa shape index (κ1) is 14.9. The predicted molar refractivity (Wildman–Crippen MR) is 91.5 cm³/mol. The van der Waals surface area contributed by atoms with E-state index in [2.05, 4.69) is 10.3 Å². The maximum absolute atomic E-state index is 11.1. The molecule has 25 heavy (non-hydrogen) atoms. The zero-order valence-electron chi connectivity index (χ0n) is 13.0. The van der Waals surface area contributed by atoms with Crippen LogP contribution in [0.2, 0.25) is 0 Å². The normalized spacial score (nSPS) is 10.7. The maximum Gasteiger partial charge on any atom is 0.335 e. The van der Waals surface area contributed by atoms with Crippen LogP contribution in [-0.4, -0.2) is 26.0 Å². The quantitative estimate of drug-likeness (QED) is 0.613. The van der Waals surface area contributed by atoms with Gasteiger partial charge in [-0.1, -0.05) is 17.3 Å². The molecule has 4 aromatic rings. The summed E-state index contributed by atoms with van der Waals surface area (Å²) in [4.78, 5) is 11.1. The summed E-state index contributed by atoms with van der Waals surface area (Å²) in [5.41, 5.74) is 3.54. The molecule has 4 rings (SSSR count). The molecule has 0 aliphatic heterocycles. The van der Waals surface area contributed by atoms with E-state index in [9.17, 15) is 4.79 Å². The molecule has 2 aromatic heterocycles. The molecule has 0 spiro atoms. The molecule has 0 fully saturated rings. The molecule has 0 radical (unpaired) electrons. The second-order valence-electron chi connectivity index (χ2n) is 5.46. The van der Waals surface area contributed by atoms with Crippen LogP contribution < -0.4 is 0 Å². The average molecular weight is 331 g/mol. The van der Waals surface area contributed by atoms with Crippen molar-refractivity contribution in [1.82, 2.24) is 14.9 Å². The zero-order chi connectivity index (χ0) is 17.2. The van der Waals surface area contributed by atoms with Gasteiger partial charge in [0.25, 0.3) is 0 Å². The first-order valence-electron chi connectivity index (χ1n) is 7.61. The second-order valence-corrected chi connectivity index (χ2v) is 5.46. The summed E-state index contributed by atoms with van der Waals surface area (Å²) in [5.74, 6) is -0.248. The van der Waals surface area contributed by atoms with Gasteiger partial charge in [-0.3, -0.25) is 0 Å². The average Bonchev–Trinajstić information content (AvgIpc) is 3.34. The Labute approximate surface area is 142 Å². The molecular weight excluding hydrogens is 318 g/mol. The van der Waals surface area contributed by atoms with E-state index < -0.39 is 5.97 Å². The van der Waals surface area contributed by atoms with Gasteiger partial charge < -0.3 is 9.63 Å². The topological polar surface area (TPSA) is 81.1 Å². The van der Waals surface area contributed by atoms with E-state index in [4.69, 9.17) is 9.63 Å². The highest BCUT2D eigenvalue weighted by molar-refractivity contribution is 5.89. The third kappa shape index (κ3) is 2.92. The molecule has 6 nitrogen and oxygen atoms in total. The summed E-state index contributed by atoms with van der Waals surface area (Å²) in [6, 6.07) is 18.1. The van der Waals surface area contributed by atoms with Crippen LogP contribution in [0.4, 0.5) is 0 Å². The fourth-order valence-electron chi connectivity index (χ4n) is 2.58. The fourth-order valence-corrected chi connectivity index (χ4v) is 2.58. The number of benzene rings is 2. The summed E-state index contributed by atoms with van der Waals surface area (Å²) >= 11 is 0. The largest absolute Gasteiger partial charge is 0.478 e. The molecule has 122 valence electrons. The Kier molecular flexibility index (Phi) is 3.63. The molecule has 0 amide bonds. The molecule has 0 bridgehead atoms. The van der Waals surface area contributed by atoms with E-state index in [1.165, 1.54) is 0 Å². The van der Waals surface area contributed by atoms with Crippen molar-refractivity contribution < 1.29 is 14.4 Å². The van der Waals surface area contributed by atoms with Crippen molar-refractivity contribution >= 4 is 5.97 Å². The van der Waals surface area contributed by atoms with Crippen LogP contribution in [0.3, 0.4) is 0 Å². The Bertz CT molecular complexity index is 1020. The van der Waals surface area contributed by atoms with Crippen LogP contribution in [0.25, 0.3) is 28.3 Å². The Balaban J connectivity index is 1.63. The first-order valence-corrected chi connectivity index (χ1v) is 7.61. The minimum atomic E-state index is -0.954. The summed E-state index contributed by atoms with van der Waals surface area (Å²) in [6.45, 7) is 0. The number of carboxylic acid groups (broad SMARTS) is 1. The smallest absolute Gasteiger partial charge is 0.335 e. The maximum atomic E-state index is 11.1. The van der Waals surface area contributed by atoms with Crippen LogP contribution in [0.15, 0.2) is 77.6 Å².